The molecule has 0 aliphatic carbocycles. The first kappa shape index (κ1) is 13.2. The fraction of sp³-hybridized carbons (Fsp3) is 0.600. The molecular weight excluding hydrogens is 194 g/mol. The molecule has 1 rings (SSSR count). The molecule has 0 saturated carbocycles. The Hall–Kier alpha value is -0.820. The molecule has 0 spiro atoms. The van der Waals surface area contributed by atoms with Crippen LogP contribution in [-0.4, -0.2) is 6.04 Å². The summed E-state index contributed by atoms with van der Waals surface area (Å²) in [5, 5.41) is 3.72. The van der Waals surface area contributed by atoms with Gasteiger partial charge in [-0.2, -0.15) is 0 Å². The van der Waals surface area contributed by atoms with E-state index in [-0.39, 0.29) is 0 Å². The highest BCUT2D eigenvalue weighted by molar-refractivity contribution is 5.28. The molecule has 0 saturated heterocycles. The van der Waals surface area contributed by atoms with Gasteiger partial charge in [-0.1, -0.05) is 45.0 Å². The van der Waals surface area contributed by atoms with Gasteiger partial charge in [-0.3, -0.25) is 0 Å². The third-order valence-electron chi connectivity index (χ3n) is 3.36. The van der Waals surface area contributed by atoms with E-state index in [9.17, 15) is 0 Å². The maximum Gasteiger partial charge on any atom is 0.0297 e. The highest BCUT2D eigenvalue weighted by Gasteiger charge is 2.15. The molecule has 0 radical (unpaired) electrons. The van der Waals surface area contributed by atoms with Crippen molar-refractivity contribution in [3.63, 3.8) is 0 Å². The highest BCUT2D eigenvalue weighted by Crippen LogP contribution is 2.19. The standard InChI is InChI=1S/C15H25N/c1-6-15(11(2)3)16-13(5)14-10-8-7-9-12(14)4/h7-11,13,15-16H,6H2,1-5H3. The van der Waals surface area contributed by atoms with E-state index in [0.717, 1.165) is 0 Å². The largest absolute Gasteiger partial charge is 0.307 e. The Morgan fingerprint density at radius 3 is 2.25 bits per heavy atom. The van der Waals surface area contributed by atoms with Gasteiger partial charge in [0.1, 0.15) is 0 Å². The van der Waals surface area contributed by atoms with Gasteiger partial charge >= 0.3 is 0 Å². The summed E-state index contributed by atoms with van der Waals surface area (Å²) in [7, 11) is 0. The molecule has 2 unspecified atom stereocenters. The average Bonchev–Trinajstić information content (AvgIpc) is 2.25. The van der Waals surface area contributed by atoms with Crippen LogP contribution in [0.15, 0.2) is 24.3 Å². The maximum atomic E-state index is 3.72. The minimum absolute atomic E-state index is 0.438. The van der Waals surface area contributed by atoms with Crippen LogP contribution in [0.25, 0.3) is 0 Å². The van der Waals surface area contributed by atoms with E-state index in [1.807, 2.05) is 0 Å². The lowest BCUT2D eigenvalue weighted by molar-refractivity contribution is 0.355. The summed E-state index contributed by atoms with van der Waals surface area (Å²) in [5.41, 5.74) is 2.79. The molecule has 0 aliphatic rings. The molecule has 0 bridgehead atoms. The van der Waals surface area contributed by atoms with Crippen LogP contribution >= 0.6 is 0 Å². The van der Waals surface area contributed by atoms with Crippen molar-refractivity contribution in [3.05, 3.63) is 35.4 Å². The second-order valence-electron chi connectivity index (χ2n) is 5.00. The average molecular weight is 219 g/mol. The van der Waals surface area contributed by atoms with Crippen LogP contribution < -0.4 is 5.32 Å². The summed E-state index contributed by atoms with van der Waals surface area (Å²) in [6.45, 7) is 11.3. The molecule has 1 heteroatoms. The minimum atomic E-state index is 0.438. The molecule has 1 nitrogen and oxygen atoms in total. The van der Waals surface area contributed by atoms with Crippen molar-refractivity contribution in [2.45, 2.75) is 53.1 Å². The second kappa shape index (κ2) is 6.05. The number of rotatable bonds is 5. The predicted molar refractivity (Wildman–Crippen MR) is 71.6 cm³/mol. The van der Waals surface area contributed by atoms with Gasteiger partial charge in [0.15, 0.2) is 0 Å². The van der Waals surface area contributed by atoms with Gasteiger partial charge in [0.25, 0.3) is 0 Å². The maximum absolute atomic E-state index is 3.72. The van der Waals surface area contributed by atoms with Crippen molar-refractivity contribution in [2.75, 3.05) is 0 Å². The molecule has 1 N–H and O–H groups in total. The van der Waals surface area contributed by atoms with Crippen molar-refractivity contribution < 1.29 is 0 Å². The first-order chi connectivity index (χ1) is 7.56. The van der Waals surface area contributed by atoms with E-state index in [2.05, 4.69) is 64.2 Å². The van der Waals surface area contributed by atoms with Crippen molar-refractivity contribution in [3.8, 4) is 0 Å². The van der Waals surface area contributed by atoms with Crippen molar-refractivity contribution >= 4 is 0 Å². The molecule has 90 valence electrons. The fourth-order valence-electron chi connectivity index (χ4n) is 2.27. The highest BCUT2D eigenvalue weighted by atomic mass is 14.9. The van der Waals surface area contributed by atoms with Gasteiger partial charge in [-0.05, 0) is 37.3 Å². The van der Waals surface area contributed by atoms with E-state index in [4.69, 9.17) is 0 Å². The smallest absolute Gasteiger partial charge is 0.0297 e. The lowest BCUT2D eigenvalue weighted by atomic mass is 9.97. The van der Waals surface area contributed by atoms with Crippen LogP contribution in [0.2, 0.25) is 0 Å². The zero-order chi connectivity index (χ0) is 12.1. The molecule has 0 heterocycles. The Morgan fingerprint density at radius 1 is 1.12 bits per heavy atom. The summed E-state index contributed by atoms with van der Waals surface area (Å²) < 4.78 is 0. The van der Waals surface area contributed by atoms with Crippen LogP contribution in [0.5, 0.6) is 0 Å². The van der Waals surface area contributed by atoms with Crippen LogP contribution in [0.1, 0.15) is 51.3 Å². The van der Waals surface area contributed by atoms with Crippen molar-refractivity contribution in [1.82, 2.24) is 5.32 Å². The quantitative estimate of drug-likeness (QED) is 0.787. The van der Waals surface area contributed by atoms with Gasteiger partial charge in [-0.15, -0.1) is 0 Å². The van der Waals surface area contributed by atoms with Gasteiger partial charge in [-0.25, -0.2) is 0 Å². The van der Waals surface area contributed by atoms with Gasteiger partial charge < -0.3 is 5.32 Å². The molecule has 2 atom stereocenters. The fourth-order valence-corrected chi connectivity index (χ4v) is 2.27. The number of benzene rings is 1. The first-order valence-corrected chi connectivity index (χ1v) is 6.37. The zero-order valence-electron chi connectivity index (χ0n) is 11.2. The monoisotopic (exact) mass is 219 g/mol. The summed E-state index contributed by atoms with van der Waals surface area (Å²) in [5.74, 6) is 0.691. The summed E-state index contributed by atoms with van der Waals surface area (Å²) in [4.78, 5) is 0. The molecule has 0 fully saturated rings. The molecule has 0 aliphatic heterocycles. The summed E-state index contributed by atoms with van der Waals surface area (Å²) in [6, 6.07) is 9.68. The Labute approximate surface area is 100 Å². The normalized spacial score (nSPS) is 15.1. The summed E-state index contributed by atoms with van der Waals surface area (Å²) in [6.07, 6.45) is 1.19. The van der Waals surface area contributed by atoms with Gasteiger partial charge in [0, 0.05) is 12.1 Å². The molecule has 0 aromatic heterocycles. The third-order valence-corrected chi connectivity index (χ3v) is 3.36. The topological polar surface area (TPSA) is 12.0 Å². The summed E-state index contributed by atoms with van der Waals surface area (Å²) >= 11 is 0. The molecule has 1 aromatic rings. The van der Waals surface area contributed by atoms with Crippen LogP contribution in [-0.2, 0) is 0 Å². The van der Waals surface area contributed by atoms with Gasteiger partial charge in [0.05, 0.1) is 0 Å². The van der Waals surface area contributed by atoms with Crippen LogP contribution in [0.3, 0.4) is 0 Å². The number of aryl methyl sites for hydroxylation is 1. The molecular formula is C15H25N. The number of hydrogen-bond acceptors (Lipinski definition) is 1. The molecule has 1 aromatic carbocycles. The Kier molecular flexibility index (Phi) is 5.01. The van der Waals surface area contributed by atoms with E-state index in [1.54, 1.807) is 0 Å². The van der Waals surface area contributed by atoms with E-state index >= 15 is 0 Å². The Bertz CT molecular complexity index is 317. The van der Waals surface area contributed by atoms with Gasteiger partial charge in [0.2, 0.25) is 0 Å². The Morgan fingerprint density at radius 2 is 1.75 bits per heavy atom. The number of nitrogens with one attached hydrogen (secondary N) is 1. The van der Waals surface area contributed by atoms with Crippen LogP contribution in [0, 0.1) is 12.8 Å². The zero-order valence-corrected chi connectivity index (χ0v) is 11.2. The lowest BCUT2D eigenvalue weighted by Crippen LogP contribution is -2.35. The molecule has 16 heavy (non-hydrogen) atoms. The Balaban J connectivity index is 2.72. The van der Waals surface area contributed by atoms with E-state index in [0.29, 0.717) is 18.0 Å². The van der Waals surface area contributed by atoms with Crippen molar-refractivity contribution in [2.24, 2.45) is 5.92 Å². The van der Waals surface area contributed by atoms with E-state index in [1.165, 1.54) is 17.5 Å². The second-order valence-corrected chi connectivity index (χ2v) is 5.00. The number of hydrogen-bond donors (Lipinski definition) is 1. The predicted octanol–water partition coefficient (Wildman–Crippen LogP) is 4.08. The SMILES string of the molecule is CCC(NC(C)c1ccccc1C)C(C)C. The van der Waals surface area contributed by atoms with Crippen LogP contribution in [0.4, 0.5) is 0 Å². The molecule has 0 amide bonds. The third kappa shape index (κ3) is 3.34. The minimum Gasteiger partial charge on any atom is -0.307 e. The lowest BCUT2D eigenvalue weighted by Gasteiger charge is -2.26. The first-order valence-electron chi connectivity index (χ1n) is 6.37. The van der Waals surface area contributed by atoms with E-state index < -0.39 is 0 Å². The van der Waals surface area contributed by atoms with Crippen molar-refractivity contribution in [1.29, 1.82) is 0 Å².